The third kappa shape index (κ3) is 8.40. The third-order valence-electron chi connectivity index (χ3n) is 6.12. The molecule has 1 N–H and O–H groups in total. The van der Waals surface area contributed by atoms with E-state index in [0.717, 1.165) is 53.6 Å². The molecular weight excluding hydrogens is 526 g/mol. The highest BCUT2D eigenvalue weighted by molar-refractivity contribution is 5.72. The Morgan fingerprint density at radius 1 is 0.872 bits per heavy atom. The van der Waals surface area contributed by atoms with E-state index in [9.17, 15) is 31.1 Å². The van der Waals surface area contributed by atoms with Crippen LogP contribution in [0.2, 0.25) is 0 Å². The summed E-state index contributed by atoms with van der Waals surface area (Å²) >= 11 is 0. The third-order valence-corrected chi connectivity index (χ3v) is 6.12. The monoisotopic (exact) mass is 554 g/mol. The predicted octanol–water partition coefficient (Wildman–Crippen LogP) is 8.21. The summed E-state index contributed by atoms with van der Waals surface area (Å²) in [4.78, 5) is 10.9. The van der Waals surface area contributed by atoms with E-state index in [4.69, 9.17) is 14.6 Å². The van der Waals surface area contributed by atoms with Crippen molar-refractivity contribution in [1.82, 2.24) is 0 Å². The van der Waals surface area contributed by atoms with Gasteiger partial charge in [0.1, 0.15) is 11.5 Å². The second-order valence-corrected chi connectivity index (χ2v) is 9.03. The number of halogens is 6. The molecule has 0 spiro atoms. The number of aliphatic carboxylic acids is 1. The van der Waals surface area contributed by atoms with Crippen LogP contribution in [0.25, 0.3) is 11.1 Å². The number of alkyl halides is 6. The van der Waals surface area contributed by atoms with Gasteiger partial charge in [-0.2, -0.15) is 26.3 Å². The number of carbonyl (C=O) groups is 1. The van der Waals surface area contributed by atoms with Gasteiger partial charge in [-0.25, -0.2) is 0 Å². The Morgan fingerprint density at radius 2 is 1.51 bits per heavy atom. The highest BCUT2D eigenvalue weighted by atomic mass is 19.4. The highest BCUT2D eigenvalue weighted by Gasteiger charge is 2.32. The van der Waals surface area contributed by atoms with Gasteiger partial charge in [0.15, 0.2) is 0 Å². The first-order valence-electron chi connectivity index (χ1n) is 12.3. The van der Waals surface area contributed by atoms with Crippen LogP contribution in [0, 0.1) is 0 Å². The van der Waals surface area contributed by atoms with E-state index < -0.39 is 35.6 Å². The minimum Gasteiger partial charge on any atom is -0.493 e. The van der Waals surface area contributed by atoms with Crippen LogP contribution >= 0.6 is 0 Å². The molecule has 0 unspecified atom stereocenters. The van der Waals surface area contributed by atoms with Crippen molar-refractivity contribution in [2.24, 2.45) is 0 Å². The van der Waals surface area contributed by atoms with Crippen molar-refractivity contribution >= 4 is 5.97 Å². The largest absolute Gasteiger partial charge is 0.493 e. The van der Waals surface area contributed by atoms with Gasteiger partial charge in [0.25, 0.3) is 0 Å². The quantitative estimate of drug-likeness (QED) is 0.243. The molecule has 4 nitrogen and oxygen atoms in total. The molecule has 39 heavy (non-hydrogen) atoms. The van der Waals surface area contributed by atoms with Crippen LogP contribution in [0.1, 0.15) is 48.9 Å². The SMILES string of the molecule is CCc1cc(OCC[C@H](C)Oc2ccc(C(F)(F)F)cc2-c2ccc(C(F)(F)F)cc2)ccc1CCC(=O)O. The lowest BCUT2D eigenvalue weighted by molar-refractivity contribution is -0.138. The van der Waals surface area contributed by atoms with Gasteiger partial charge >= 0.3 is 18.3 Å². The summed E-state index contributed by atoms with van der Waals surface area (Å²) in [6, 6.07) is 12.2. The summed E-state index contributed by atoms with van der Waals surface area (Å²) < 4.78 is 90.6. The molecule has 0 amide bonds. The van der Waals surface area contributed by atoms with Crippen molar-refractivity contribution in [2.45, 2.75) is 58.0 Å². The molecular formula is C29H28F6O4. The zero-order valence-electron chi connectivity index (χ0n) is 21.3. The van der Waals surface area contributed by atoms with Crippen LogP contribution in [-0.2, 0) is 30.0 Å². The lowest BCUT2D eigenvalue weighted by Gasteiger charge is -2.20. The fourth-order valence-electron chi connectivity index (χ4n) is 4.00. The topological polar surface area (TPSA) is 55.8 Å². The zero-order valence-corrected chi connectivity index (χ0v) is 21.3. The van der Waals surface area contributed by atoms with Gasteiger partial charge in [0.2, 0.25) is 0 Å². The lowest BCUT2D eigenvalue weighted by atomic mass is 10.00. The Labute approximate surface area is 222 Å². The van der Waals surface area contributed by atoms with Crippen molar-refractivity contribution < 1.29 is 45.7 Å². The Bertz CT molecular complexity index is 1270. The Balaban J connectivity index is 1.71. The van der Waals surface area contributed by atoms with Crippen molar-refractivity contribution in [1.29, 1.82) is 0 Å². The maximum Gasteiger partial charge on any atom is 0.416 e. The van der Waals surface area contributed by atoms with E-state index in [-0.39, 0.29) is 29.9 Å². The van der Waals surface area contributed by atoms with E-state index in [0.29, 0.717) is 25.0 Å². The van der Waals surface area contributed by atoms with Gasteiger partial charge in [0.05, 0.1) is 23.8 Å². The van der Waals surface area contributed by atoms with Crippen LogP contribution in [0.4, 0.5) is 26.3 Å². The molecule has 10 heteroatoms. The second-order valence-electron chi connectivity index (χ2n) is 9.03. The number of rotatable bonds is 11. The summed E-state index contributed by atoms with van der Waals surface area (Å²) in [5.74, 6) is -0.176. The molecule has 0 bridgehead atoms. The Morgan fingerprint density at radius 3 is 2.10 bits per heavy atom. The Hall–Kier alpha value is -3.69. The molecule has 0 radical (unpaired) electrons. The van der Waals surface area contributed by atoms with Gasteiger partial charge in [0, 0.05) is 18.4 Å². The molecule has 210 valence electrons. The number of carboxylic acid groups (broad SMARTS) is 1. The smallest absolute Gasteiger partial charge is 0.416 e. The summed E-state index contributed by atoms with van der Waals surface area (Å²) in [6.07, 6.45) is -8.19. The van der Waals surface area contributed by atoms with Crippen LogP contribution in [0.3, 0.4) is 0 Å². The van der Waals surface area contributed by atoms with Gasteiger partial charge in [-0.1, -0.05) is 25.1 Å². The number of ether oxygens (including phenoxy) is 2. The highest BCUT2D eigenvalue weighted by Crippen LogP contribution is 2.39. The van der Waals surface area contributed by atoms with Gasteiger partial charge in [-0.15, -0.1) is 0 Å². The molecule has 1 atom stereocenters. The number of aryl methyl sites for hydroxylation is 2. The number of carboxylic acids is 1. The van der Waals surface area contributed by atoms with Crippen molar-refractivity contribution in [3.05, 3.63) is 82.9 Å². The minimum absolute atomic E-state index is 0.0239. The summed E-state index contributed by atoms with van der Waals surface area (Å²) in [6.45, 7) is 3.90. The zero-order chi connectivity index (χ0) is 28.8. The van der Waals surface area contributed by atoms with E-state index >= 15 is 0 Å². The van der Waals surface area contributed by atoms with E-state index in [2.05, 4.69) is 0 Å². The molecule has 3 aromatic carbocycles. The Kier molecular flexibility index (Phi) is 9.53. The summed E-state index contributed by atoms with van der Waals surface area (Å²) in [7, 11) is 0. The van der Waals surface area contributed by atoms with Crippen molar-refractivity contribution in [3.63, 3.8) is 0 Å². The van der Waals surface area contributed by atoms with Crippen LogP contribution in [0.15, 0.2) is 60.7 Å². The number of benzene rings is 3. The van der Waals surface area contributed by atoms with Crippen LogP contribution in [-0.4, -0.2) is 23.8 Å². The fraction of sp³-hybridized carbons (Fsp3) is 0.345. The van der Waals surface area contributed by atoms with Crippen LogP contribution in [0.5, 0.6) is 11.5 Å². The average Bonchev–Trinajstić information content (AvgIpc) is 2.86. The average molecular weight is 555 g/mol. The van der Waals surface area contributed by atoms with Gasteiger partial charge in [-0.3, -0.25) is 4.79 Å². The fourth-order valence-corrected chi connectivity index (χ4v) is 4.00. The number of hydrogen-bond donors (Lipinski definition) is 1. The normalized spacial score (nSPS) is 12.7. The van der Waals surface area contributed by atoms with Gasteiger partial charge in [-0.05, 0) is 78.9 Å². The molecule has 0 fully saturated rings. The summed E-state index contributed by atoms with van der Waals surface area (Å²) in [5, 5.41) is 8.91. The minimum atomic E-state index is -4.64. The van der Waals surface area contributed by atoms with E-state index in [1.165, 1.54) is 0 Å². The molecule has 0 aliphatic carbocycles. The van der Waals surface area contributed by atoms with Crippen molar-refractivity contribution in [3.8, 4) is 22.6 Å². The molecule has 0 saturated heterocycles. The van der Waals surface area contributed by atoms with E-state index in [1.54, 1.807) is 13.0 Å². The molecule has 0 aliphatic heterocycles. The lowest BCUT2D eigenvalue weighted by Crippen LogP contribution is -2.17. The number of hydrogen-bond acceptors (Lipinski definition) is 3. The summed E-state index contributed by atoms with van der Waals surface area (Å²) in [5.41, 5.74) is 0.233. The first kappa shape index (κ1) is 29.9. The van der Waals surface area contributed by atoms with Crippen molar-refractivity contribution in [2.75, 3.05) is 6.61 Å². The standard InChI is InChI=1S/C29H28F6O4/c1-3-19-16-24(11-6-20(19)7-13-27(36)37)38-15-14-18(2)39-26-12-10-23(29(33,34)35)17-25(26)21-4-8-22(9-5-21)28(30,31)32/h4-6,8-12,16-18H,3,7,13-15H2,1-2H3,(H,36,37)/t18-/m0/s1. The molecule has 3 aromatic rings. The first-order chi connectivity index (χ1) is 18.3. The predicted molar refractivity (Wildman–Crippen MR) is 134 cm³/mol. The molecule has 0 aromatic heterocycles. The molecule has 0 aliphatic rings. The van der Waals surface area contributed by atoms with Gasteiger partial charge < -0.3 is 14.6 Å². The molecule has 0 heterocycles. The van der Waals surface area contributed by atoms with E-state index in [1.807, 2.05) is 19.1 Å². The maximum atomic E-state index is 13.4. The molecule has 3 rings (SSSR count). The van der Waals surface area contributed by atoms with Crippen LogP contribution < -0.4 is 9.47 Å². The maximum absolute atomic E-state index is 13.4. The first-order valence-corrected chi connectivity index (χ1v) is 12.3. The second kappa shape index (κ2) is 12.4. The molecule has 0 saturated carbocycles.